The van der Waals surface area contributed by atoms with Gasteiger partial charge in [-0.2, -0.15) is 0 Å². The average molecular weight is 238 g/mol. The van der Waals surface area contributed by atoms with Gasteiger partial charge in [0.15, 0.2) is 0 Å². The van der Waals surface area contributed by atoms with E-state index in [9.17, 15) is 20.4 Å². The second kappa shape index (κ2) is 4.74. The molecule has 4 nitrogen and oxygen atoms in total. The molecule has 1 aliphatic rings. The minimum atomic E-state index is -1.16. The SMILES string of the molecule is OC1CC(O)(Cc2ccccc2)CC(O)C1O. The fourth-order valence-electron chi connectivity index (χ4n) is 2.48. The minimum Gasteiger partial charge on any atom is -0.390 e. The first-order chi connectivity index (χ1) is 8.00. The van der Waals surface area contributed by atoms with Crippen LogP contribution < -0.4 is 0 Å². The Bertz CT molecular complexity index is 353. The third kappa shape index (κ3) is 2.84. The molecule has 0 spiro atoms. The molecular formula is C13H18O4. The quantitative estimate of drug-likeness (QED) is 0.577. The van der Waals surface area contributed by atoms with E-state index in [1.807, 2.05) is 30.3 Å². The fraction of sp³-hybridized carbons (Fsp3) is 0.538. The van der Waals surface area contributed by atoms with Crippen LogP contribution in [0.25, 0.3) is 0 Å². The highest BCUT2D eigenvalue weighted by Crippen LogP contribution is 2.32. The molecule has 2 unspecified atom stereocenters. The van der Waals surface area contributed by atoms with E-state index in [1.54, 1.807) is 0 Å². The van der Waals surface area contributed by atoms with Gasteiger partial charge >= 0.3 is 0 Å². The van der Waals surface area contributed by atoms with Crippen molar-refractivity contribution in [1.29, 1.82) is 0 Å². The van der Waals surface area contributed by atoms with Gasteiger partial charge in [0, 0.05) is 19.3 Å². The van der Waals surface area contributed by atoms with Gasteiger partial charge in [-0.3, -0.25) is 0 Å². The third-order valence-corrected chi connectivity index (χ3v) is 3.34. The fourth-order valence-corrected chi connectivity index (χ4v) is 2.48. The van der Waals surface area contributed by atoms with Crippen molar-refractivity contribution < 1.29 is 20.4 Å². The van der Waals surface area contributed by atoms with Crippen LogP contribution in [0, 0.1) is 0 Å². The van der Waals surface area contributed by atoms with Crippen LogP contribution in [-0.4, -0.2) is 44.3 Å². The van der Waals surface area contributed by atoms with Gasteiger partial charge in [0.25, 0.3) is 0 Å². The maximum Gasteiger partial charge on any atom is 0.106 e. The zero-order valence-electron chi connectivity index (χ0n) is 9.53. The second-order valence-electron chi connectivity index (χ2n) is 4.92. The Labute approximate surface area is 100 Å². The van der Waals surface area contributed by atoms with E-state index < -0.39 is 23.9 Å². The summed E-state index contributed by atoms with van der Waals surface area (Å²) >= 11 is 0. The Morgan fingerprint density at radius 2 is 1.53 bits per heavy atom. The normalized spacial score (nSPS) is 38.0. The Kier molecular flexibility index (Phi) is 3.49. The van der Waals surface area contributed by atoms with Gasteiger partial charge in [0.05, 0.1) is 17.8 Å². The van der Waals surface area contributed by atoms with Crippen LogP contribution in [0.5, 0.6) is 0 Å². The van der Waals surface area contributed by atoms with Gasteiger partial charge in [-0.1, -0.05) is 30.3 Å². The van der Waals surface area contributed by atoms with Crippen LogP contribution in [0.1, 0.15) is 18.4 Å². The van der Waals surface area contributed by atoms with Gasteiger partial charge in [-0.05, 0) is 5.56 Å². The van der Waals surface area contributed by atoms with Crippen molar-refractivity contribution in [2.24, 2.45) is 0 Å². The molecule has 1 aliphatic carbocycles. The lowest BCUT2D eigenvalue weighted by molar-refractivity contribution is -0.153. The van der Waals surface area contributed by atoms with Crippen LogP contribution in [0.3, 0.4) is 0 Å². The molecule has 0 bridgehead atoms. The largest absolute Gasteiger partial charge is 0.390 e. The zero-order valence-corrected chi connectivity index (χ0v) is 9.53. The molecule has 0 aliphatic heterocycles. The summed E-state index contributed by atoms with van der Waals surface area (Å²) in [5.41, 5.74) is -0.204. The van der Waals surface area contributed by atoms with Crippen molar-refractivity contribution in [3.05, 3.63) is 35.9 Å². The summed E-state index contributed by atoms with van der Waals surface area (Å²) in [7, 11) is 0. The predicted octanol–water partition coefficient (Wildman–Crippen LogP) is -0.163. The summed E-state index contributed by atoms with van der Waals surface area (Å²) in [5.74, 6) is 0. The van der Waals surface area contributed by atoms with Crippen molar-refractivity contribution >= 4 is 0 Å². The molecule has 1 aromatic carbocycles. The van der Waals surface area contributed by atoms with Gasteiger partial charge in [0.2, 0.25) is 0 Å². The van der Waals surface area contributed by atoms with E-state index in [4.69, 9.17) is 0 Å². The highest BCUT2D eigenvalue weighted by Gasteiger charge is 2.43. The van der Waals surface area contributed by atoms with Crippen molar-refractivity contribution in [2.45, 2.75) is 43.2 Å². The smallest absolute Gasteiger partial charge is 0.106 e. The molecule has 1 aromatic rings. The first-order valence-corrected chi connectivity index (χ1v) is 5.81. The molecule has 4 N–H and O–H groups in total. The van der Waals surface area contributed by atoms with Gasteiger partial charge in [-0.15, -0.1) is 0 Å². The first kappa shape index (κ1) is 12.5. The van der Waals surface area contributed by atoms with Crippen molar-refractivity contribution in [3.8, 4) is 0 Å². The number of aliphatic hydroxyl groups excluding tert-OH is 3. The summed E-state index contributed by atoms with van der Waals surface area (Å²) in [6.45, 7) is 0. The Hall–Kier alpha value is -0.940. The standard InChI is InChI=1S/C13H18O4/c14-10-7-13(17,8-11(15)12(10)16)6-9-4-2-1-3-5-9/h1-5,10-12,14-17H,6-8H2. The molecule has 2 rings (SSSR count). The zero-order chi connectivity index (χ0) is 12.5. The molecule has 2 atom stereocenters. The van der Waals surface area contributed by atoms with E-state index >= 15 is 0 Å². The number of benzene rings is 1. The molecule has 0 aromatic heterocycles. The Balaban J connectivity index is 2.09. The average Bonchev–Trinajstić information content (AvgIpc) is 2.27. The number of hydrogen-bond acceptors (Lipinski definition) is 4. The molecule has 0 saturated heterocycles. The van der Waals surface area contributed by atoms with E-state index in [2.05, 4.69) is 0 Å². The van der Waals surface area contributed by atoms with Gasteiger partial charge in [0.1, 0.15) is 6.10 Å². The maximum absolute atomic E-state index is 10.4. The number of rotatable bonds is 2. The molecule has 94 valence electrons. The van der Waals surface area contributed by atoms with Gasteiger partial charge < -0.3 is 20.4 Å². The summed E-state index contributed by atoms with van der Waals surface area (Å²) in [4.78, 5) is 0. The lowest BCUT2D eigenvalue weighted by Crippen LogP contribution is -2.53. The van der Waals surface area contributed by atoms with Crippen LogP contribution in [-0.2, 0) is 6.42 Å². The van der Waals surface area contributed by atoms with E-state index in [1.165, 1.54) is 0 Å². The second-order valence-corrected chi connectivity index (χ2v) is 4.92. The molecule has 0 amide bonds. The van der Waals surface area contributed by atoms with Crippen molar-refractivity contribution in [1.82, 2.24) is 0 Å². The summed E-state index contributed by atoms with van der Waals surface area (Å²) < 4.78 is 0. The van der Waals surface area contributed by atoms with Gasteiger partial charge in [-0.25, -0.2) is 0 Å². The molecule has 0 heterocycles. The van der Waals surface area contributed by atoms with Crippen molar-refractivity contribution in [3.63, 3.8) is 0 Å². The summed E-state index contributed by atoms with van der Waals surface area (Å²) in [6.07, 6.45) is -2.78. The Morgan fingerprint density at radius 3 is 2.06 bits per heavy atom. The topological polar surface area (TPSA) is 80.9 Å². The molecule has 1 saturated carbocycles. The van der Waals surface area contributed by atoms with E-state index in [-0.39, 0.29) is 12.8 Å². The molecule has 1 fully saturated rings. The number of aliphatic hydroxyl groups is 4. The van der Waals surface area contributed by atoms with Crippen LogP contribution in [0.4, 0.5) is 0 Å². The van der Waals surface area contributed by atoms with Crippen LogP contribution in [0.2, 0.25) is 0 Å². The highest BCUT2D eigenvalue weighted by molar-refractivity contribution is 5.18. The van der Waals surface area contributed by atoms with Crippen molar-refractivity contribution in [2.75, 3.05) is 0 Å². The lowest BCUT2D eigenvalue weighted by Gasteiger charge is -2.40. The molecular weight excluding hydrogens is 220 g/mol. The Morgan fingerprint density at radius 1 is 1.00 bits per heavy atom. The molecule has 0 radical (unpaired) electrons. The van der Waals surface area contributed by atoms with Crippen LogP contribution in [0.15, 0.2) is 30.3 Å². The maximum atomic E-state index is 10.4. The minimum absolute atomic E-state index is 0.0835. The lowest BCUT2D eigenvalue weighted by atomic mass is 9.76. The summed E-state index contributed by atoms with van der Waals surface area (Å²) in [6, 6.07) is 9.43. The number of hydrogen-bond donors (Lipinski definition) is 4. The molecule has 4 heteroatoms. The third-order valence-electron chi connectivity index (χ3n) is 3.34. The highest BCUT2D eigenvalue weighted by atomic mass is 16.4. The predicted molar refractivity (Wildman–Crippen MR) is 62.4 cm³/mol. The van der Waals surface area contributed by atoms with Crippen LogP contribution >= 0.6 is 0 Å². The van der Waals surface area contributed by atoms with E-state index in [0.29, 0.717) is 6.42 Å². The monoisotopic (exact) mass is 238 g/mol. The van der Waals surface area contributed by atoms with E-state index in [0.717, 1.165) is 5.56 Å². The molecule has 17 heavy (non-hydrogen) atoms. The summed E-state index contributed by atoms with van der Waals surface area (Å²) in [5, 5.41) is 39.0. The first-order valence-electron chi connectivity index (χ1n) is 5.81.